The molecule has 1 fully saturated rings. The highest BCUT2D eigenvalue weighted by Gasteiger charge is 2.29. The molecule has 1 saturated heterocycles. The van der Waals surface area contributed by atoms with Gasteiger partial charge >= 0.3 is 0 Å². The average Bonchev–Trinajstić information content (AvgIpc) is 2.60. The molecule has 112 valence electrons. The zero-order valence-corrected chi connectivity index (χ0v) is 13.4. The molecule has 0 spiro atoms. The molecule has 1 aliphatic heterocycles. The number of nitrogens with one attached hydrogen (secondary N) is 1. The number of rotatable bonds is 5. The summed E-state index contributed by atoms with van der Waals surface area (Å²) in [7, 11) is 0. The van der Waals surface area contributed by atoms with Gasteiger partial charge < -0.3 is 5.32 Å². The first-order chi connectivity index (χ1) is 9.63. The Morgan fingerprint density at radius 2 is 2.05 bits per heavy atom. The zero-order valence-electron chi connectivity index (χ0n) is 13.4. The van der Waals surface area contributed by atoms with E-state index in [1.54, 1.807) is 0 Å². The van der Waals surface area contributed by atoms with E-state index in [0.717, 1.165) is 6.54 Å². The topological polar surface area (TPSA) is 15.3 Å². The van der Waals surface area contributed by atoms with Crippen molar-refractivity contribution in [2.75, 3.05) is 19.6 Å². The van der Waals surface area contributed by atoms with Crippen molar-refractivity contribution >= 4 is 0 Å². The van der Waals surface area contributed by atoms with Crippen molar-refractivity contribution in [2.45, 2.75) is 58.0 Å². The van der Waals surface area contributed by atoms with Gasteiger partial charge in [0.15, 0.2) is 0 Å². The zero-order chi connectivity index (χ0) is 14.4. The second kappa shape index (κ2) is 7.24. The summed E-state index contributed by atoms with van der Waals surface area (Å²) in [6, 6.07) is 11.6. The Kier molecular flexibility index (Phi) is 5.62. The highest BCUT2D eigenvalue weighted by atomic mass is 15.2. The molecule has 2 atom stereocenters. The molecule has 0 radical (unpaired) electrons. The number of hydrogen-bond acceptors (Lipinski definition) is 2. The van der Waals surface area contributed by atoms with Gasteiger partial charge in [0.25, 0.3) is 0 Å². The summed E-state index contributed by atoms with van der Waals surface area (Å²) in [6.45, 7) is 10.6. The molecule has 1 heterocycles. The molecule has 0 saturated carbocycles. The minimum absolute atomic E-state index is 0.289. The summed E-state index contributed by atoms with van der Waals surface area (Å²) in [6.07, 6.45) is 4.92. The van der Waals surface area contributed by atoms with Gasteiger partial charge in [-0.3, -0.25) is 4.90 Å². The monoisotopic (exact) mass is 274 g/mol. The highest BCUT2D eigenvalue weighted by molar-refractivity contribution is 5.14. The van der Waals surface area contributed by atoms with Crippen LogP contribution in [0.15, 0.2) is 30.3 Å². The second-order valence-electron chi connectivity index (χ2n) is 6.54. The first-order valence-electron chi connectivity index (χ1n) is 8.16. The van der Waals surface area contributed by atoms with Crippen LogP contribution >= 0.6 is 0 Å². The summed E-state index contributed by atoms with van der Waals surface area (Å²) in [5.41, 5.74) is 1.75. The normalized spacial score (nSPS) is 28.2. The first-order valence-corrected chi connectivity index (χ1v) is 8.16. The van der Waals surface area contributed by atoms with Crippen LogP contribution in [0.4, 0.5) is 0 Å². The lowest BCUT2D eigenvalue weighted by Gasteiger charge is -2.35. The summed E-state index contributed by atoms with van der Waals surface area (Å²) < 4.78 is 0. The van der Waals surface area contributed by atoms with Gasteiger partial charge in [-0.15, -0.1) is 0 Å². The van der Waals surface area contributed by atoms with Crippen LogP contribution in [-0.2, 0) is 6.42 Å². The molecule has 2 rings (SSSR count). The SMILES string of the molecule is CCC1(C)CN(CCCc2ccccc2)C(C)CCN1. The Labute approximate surface area is 124 Å². The van der Waals surface area contributed by atoms with Crippen LogP contribution in [0.3, 0.4) is 0 Å². The van der Waals surface area contributed by atoms with Crippen LogP contribution < -0.4 is 5.32 Å². The van der Waals surface area contributed by atoms with Crippen molar-refractivity contribution in [3.05, 3.63) is 35.9 Å². The third-order valence-corrected chi connectivity index (χ3v) is 4.82. The summed E-state index contributed by atoms with van der Waals surface area (Å²) in [5.74, 6) is 0. The van der Waals surface area contributed by atoms with E-state index in [1.165, 1.54) is 44.3 Å². The summed E-state index contributed by atoms with van der Waals surface area (Å²) in [4.78, 5) is 2.69. The van der Waals surface area contributed by atoms with Crippen molar-refractivity contribution in [1.29, 1.82) is 0 Å². The minimum atomic E-state index is 0.289. The van der Waals surface area contributed by atoms with Gasteiger partial charge in [0.05, 0.1) is 0 Å². The van der Waals surface area contributed by atoms with E-state index in [9.17, 15) is 0 Å². The molecule has 0 amide bonds. The largest absolute Gasteiger partial charge is 0.310 e. The van der Waals surface area contributed by atoms with Crippen molar-refractivity contribution < 1.29 is 0 Å². The first kappa shape index (κ1) is 15.5. The lowest BCUT2D eigenvalue weighted by molar-refractivity contribution is 0.169. The van der Waals surface area contributed by atoms with E-state index in [0.29, 0.717) is 6.04 Å². The Balaban J connectivity index is 1.86. The van der Waals surface area contributed by atoms with Gasteiger partial charge in [-0.25, -0.2) is 0 Å². The Morgan fingerprint density at radius 1 is 1.30 bits per heavy atom. The van der Waals surface area contributed by atoms with Gasteiger partial charge in [0.2, 0.25) is 0 Å². The maximum absolute atomic E-state index is 3.73. The number of benzene rings is 1. The number of nitrogens with zero attached hydrogens (tertiary/aromatic N) is 1. The lowest BCUT2D eigenvalue weighted by atomic mass is 9.98. The fourth-order valence-corrected chi connectivity index (χ4v) is 3.09. The quantitative estimate of drug-likeness (QED) is 0.884. The third kappa shape index (κ3) is 4.32. The van der Waals surface area contributed by atoms with E-state index in [1.807, 2.05) is 0 Å². The van der Waals surface area contributed by atoms with Gasteiger partial charge in [-0.1, -0.05) is 37.3 Å². The molecule has 1 N–H and O–H groups in total. The van der Waals surface area contributed by atoms with E-state index in [4.69, 9.17) is 0 Å². The molecule has 2 nitrogen and oxygen atoms in total. The van der Waals surface area contributed by atoms with Crippen LogP contribution in [0.25, 0.3) is 0 Å². The van der Waals surface area contributed by atoms with Crippen LogP contribution in [0, 0.1) is 0 Å². The molecule has 0 aliphatic carbocycles. The minimum Gasteiger partial charge on any atom is -0.310 e. The smallest absolute Gasteiger partial charge is 0.0277 e. The fraction of sp³-hybridized carbons (Fsp3) is 0.667. The molecule has 2 heteroatoms. The standard InChI is InChI=1S/C18H30N2/c1-4-18(3)15-20(16(2)12-13-19-18)14-8-11-17-9-6-5-7-10-17/h5-7,9-10,16,19H,4,8,11-15H2,1-3H3. The fourth-order valence-electron chi connectivity index (χ4n) is 3.09. The van der Waals surface area contributed by atoms with E-state index in [2.05, 4.69) is 61.3 Å². The molecule has 1 aromatic rings. The van der Waals surface area contributed by atoms with Crippen molar-refractivity contribution in [1.82, 2.24) is 10.2 Å². The molecule has 20 heavy (non-hydrogen) atoms. The van der Waals surface area contributed by atoms with Crippen molar-refractivity contribution in [3.8, 4) is 0 Å². The third-order valence-electron chi connectivity index (χ3n) is 4.82. The molecule has 1 aliphatic rings. The summed E-state index contributed by atoms with van der Waals surface area (Å²) in [5, 5.41) is 3.73. The Hall–Kier alpha value is -0.860. The summed E-state index contributed by atoms with van der Waals surface area (Å²) >= 11 is 0. The molecule has 0 bridgehead atoms. The Morgan fingerprint density at radius 3 is 2.75 bits per heavy atom. The molecular weight excluding hydrogens is 244 g/mol. The predicted molar refractivity (Wildman–Crippen MR) is 87.1 cm³/mol. The van der Waals surface area contributed by atoms with Crippen LogP contribution in [0.1, 0.15) is 45.6 Å². The van der Waals surface area contributed by atoms with Gasteiger partial charge in [0.1, 0.15) is 0 Å². The molecule has 2 unspecified atom stereocenters. The van der Waals surface area contributed by atoms with E-state index in [-0.39, 0.29) is 5.54 Å². The number of aryl methyl sites for hydroxylation is 1. The maximum atomic E-state index is 3.73. The average molecular weight is 274 g/mol. The second-order valence-corrected chi connectivity index (χ2v) is 6.54. The Bertz CT molecular complexity index is 390. The van der Waals surface area contributed by atoms with E-state index < -0.39 is 0 Å². The van der Waals surface area contributed by atoms with Gasteiger partial charge in [-0.2, -0.15) is 0 Å². The molecule has 1 aromatic carbocycles. The van der Waals surface area contributed by atoms with Crippen LogP contribution in [-0.4, -0.2) is 36.1 Å². The van der Waals surface area contributed by atoms with E-state index >= 15 is 0 Å². The van der Waals surface area contributed by atoms with Crippen molar-refractivity contribution in [2.24, 2.45) is 0 Å². The number of hydrogen-bond donors (Lipinski definition) is 1. The van der Waals surface area contributed by atoms with Crippen LogP contribution in [0.2, 0.25) is 0 Å². The predicted octanol–water partition coefficient (Wildman–Crippen LogP) is 3.47. The highest BCUT2D eigenvalue weighted by Crippen LogP contribution is 2.19. The van der Waals surface area contributed by atoms with Gasteiger partial charge in [0, 0.05) is 18.1 Å². The lowest BCUT2D eigenvalue weighted by Crippen LogP contribution is -2.49. The molecular formula is C18H30N2. The maximum Gasteiger partial charge on any atom is 0.0277 e. The van der Waals surface area contributed by atoms with Crippen LogP contribution in [0.5, 0.6) is 0 Å². The molecule has 0 aromatic heterocycles. The van der Waals surface area contributed by atoms with Crippen molar-refractivity contribution in [3.63, 3.8) is 0 Å². The van der Waals surface area contributed by atoms with Gasteiger partial charge in [-0.05, 0) is 58.2 Å².